The Labute approximate surface area is 109 Å². The first-order valence-corrected chi connectivity index (χ1v) is 7.61. The molecule has 1 saturated carbocycles. The molecule has 1 nitrogen and oxygen atoms in total. The quantitative estimate of drug-likeness (QED) is 0.765. The molecule has 0 bridgehead atoms. The highest BCUT2D eigenvalue weighted by Crippen LogP contribution is 2.40. The van der Waals surface area contributed by atoms with E-state index in [1.54, 1.807) is 0 Å². The molecule has 1 aromatic rings. The van der Waals surface area contributed by atoms with Crippen LogP contribution in [0.1, 0.15) is 44.4 Å². The standard InChI is InChI=1S/C15H24OS/c1-12(2)13-6-8-15(16-3,9-7-13)11-14-5-4-10-17-14/h4-5,10,12-13H,6-9,11H2,1-3H3. The summed E-state index contributed by atoms with van der Waals surface area (Å²) in [4.78, 5) is 1.47. The summed E-state index contributed by atoms with van der Waals surface area (Å²) in [7, 11) is 1.89. The van der Waals surface area contributed by atoms with E-state index >= 15 is 0 Å². The molecule has 1 fully saturated rings. The molecular weight excluding hydrogens is 228 g/mol. The maximum absolute atomic E-state index is 5.89. The monoisotopic (exact) mass is 252 g/mol. The minimum atomic E-state index is 0.121. The van der Waals surface area contributed by atoms with Crippen LogP contribution >= 0.6 is 11.3 Å². The molecule has 1 aliphatic rings. The normalized spacial score (nSPS) is 29.8. The van der Waals surface area contributed by atoms with Crippen molar-refractivity contribution in [1.82, 2.24) is 0 Å². The van der Waals surface area contributed by atoms with Gasteiger partial charge in [0.15, 0.2) is 0 Å². The van der Waals surface area contributed by atoms with Gasteiger partial charge in [0.05, 0.1) is 5.60 Å². The van der Waals surface area contributed by atoms with Gasteiger partial charge in [0, 0.05) is 18.4 Å². The molecule has 1 aromatic heterocycles. The number of rotatable bonds is 4. The lowest BCUT2D eigenvalue weighted by Crippen LogP contribution is -2.39. The van der Waals surface area contributed by atoms with Crippen molar-refractivity contribution in [1.29, 1.82) is 0 Å². The predicted octanol–water partition coefficient (Wildman–Crippen LogP) is 4.52. The summed E-state index contributed by atoms with van der Waals surface area (Å²) in [5, 5.41) is 2.17. The Morgan fingerprint density at radius 3 is 2.59 bits per heavy atom. The summed E-state index contributed by atoms with van der Waals surface area (Å²) in [5.41, 5.74) is 0.121. The number of methoxy groups -OCH3 is 1. The second-order valence-corrected chi connectivity index (χ2v) is 6.76. The molecule has 0 unspecified atom stereocenters. The lowest BCUT2D eigenvalue weighted by molar-refractivity contribution is -0.0520. The summed E-state index contributed by atoms with van der Waals surface area (Å²) < 4.78 is 5.89. The van der Waals surface area contributed by atoms with Crippen LogP contribution in [-0.2, 0) is 11.2 Å². The van der Waals surface area contributed by atoms with Gasteiger partial charge < -0.3 is 4.74 Å². The van der Waals surface area contributed by atoms with Crippen molar-refractivity contribution in [2.24, 2.45) is 11.8 Å². The maximum atomic E-state index is 5.89. The second-order valence-electron chi connectivity index (χ2n) is 5.72. The zero-order valence-corrected chi connectivity index (χ0v) is 12.1. The molecule has 0 radical (unpaired) electrons. The zero-order chi connectivity index (χ0) is 12.3. The molecule has 2 heteroatoms. The third kappa shape index (κ3) is 3.11. The first kappa shape index (κ1) is 13.1. The van der Waals surface area contributed by atoms with Crippen LogP contribution in [0.5, 0.6) is 0 Å². The Balaban J connectivity index is 1.98. The molecule has 0 amide bonds. The first-order valence-electron chi connectivity index (χ1n) is 6.73. The maximum Gasteiger partial charge on any atom is 0.0727 e. The van der Waals surface area contributed by atoms with Crippen LogP contribution in [0, 0.1) is 11.8 Å². The Kier molecular flexibility index (Phi) is 4.26. The number of hydrogen-bond donors (Lipinski definition) is 0. The average molecular weight is 252 g/mol. The minimum absolute atomic E-state index is 0.121. The second kappa shape index (κ2) is 5.53. The van der Waals surface area contributed by atoms with E-state index in [4.69, 9.17) is 4.74 Å². The average Bonchev–Trinajstić information content (AvgIpc) is 2.82. The molecule has 17 heavy (non-hydrogen) atoms. The molecule has 0 spiro atoms. The van der Waals surface area contributed by atoms with Gasteiger partial charge in [-0.1, -0.05) is 19.9 Å². The number of ether oxygens (including phenoxy) is 1. The van der Waals surface area contributed by atoms with Crippen molar-refractivity contribution in [2.45, 2.75) is 51.6 Å². The lowest BCUT2D eigenvalue weighted by Gasteiger charge is -2.40. The fourth-order valence-electron chi connectivity index (χ4n) is 3.02. The summed E-state index contributed by atoms with van der Waals surface area (Å²) in [6.45, 7) is 4.70. The third-order valence-corrected chi connectivity index (χ3v) is 5.27. The van der Waals surface area contributed by atoms with E-state index in [0.717, 1.165) is 18.3 Å². The topological polar surface area (TPSA) is 9.23 Å². The molecule has 0 N–H and O–H groups in total. The van der Waals surface area contributed by atoms with Crippen molar-refractivity contribution in [3.05, 3.63) is 22.4 Å². The van der Waals surface area contributed by atoms with Gasteiger partial charge in [-0.15, -0.1) is 11.3 Å². The van der Waals surface area contributed by atoms with Crippen molar-refractivity contribution >= 4 is 11.3 Å². The van der Waals surface area contributed by atoms with Gasteiger partial charge >= 0.3 is 0 Å². The van der Waals surface area contributed by atoms with E-state index in [-0.39, 0.29) is 5.60 Å². The molecule has 2 rings (SSSR count). The summed E-state index contributed by atoms with van der Waals surface area (Å²) in [5.74, 6) is 1.73. The van der Waals surface area contributed by atoms with E-state index in [1.807, 2.05) is 18.4 Å². The molecule has 0 saturated heterocycles. The van der Waals surface area contributed by atoms with E-state index in [1.165, 1.54) is 30.6 Å². The first-order chi connectivity index (χ1) is 8.15. The molecular formula is C15H24OS. The number of hydrogen-bond acceptors (Lipinski definition) is 2. The van der Waals surface area contributed by atoms with Gasteiger partial charge in [0.25, 0.3) is 0 Å². The van der Waals surface area contributed by atoms with Gasteiger partial charge in [0.2, 0.25) is 0 Å². The highest BCUT2D eigenvalue weighted by atomic mass is 32.1. The van der Waals surface area contributed by atoms with E-state index in [2.05, 4.69) is 31.4 Å². The van der Waals surface area contributed by atoms with Crippen molar-refractivity contribution < 1.29 is 4.74 Å². The number of thiophene rings is 1. The molecule has 1 aliphatic carbocycles. The van der Waals surface area contributed by atoms with Gasteiger partial charge in [-0.2, -0.15) is 0 Å². The summed E-state index contributed by atoms with van der Waals surface area (Å²) in [6.07, 6.45) is 6.22. The van der Waals surface area contributed by atoms with Gasteiger partial charge in [-0.05, 0) is 49.0 Å². The van der Waals surface area contributed by atoms with Crippen LogP contribution in [0.25, 0.3) is 0 Å². The summed E-state index contributed by atoms with van der Waals surface area (Å²) in [6, 6.07) is 4.38. The van der Waals surface area contributed by atoms with Crippen molar-refractivity contribution in [2.75, 3.05) is 7.11 Å². The summed E-state index contributed by atoms with van der Waals surface area (Å²) >= 11 is 1.86. The zero-order valence-electron chi connectivity index (χ0n) is 11.2. The lowest BCUT2D eigenvalue weighted by atomic mass is 9.73. The van der Waals surface area contributed by atoms with Gasteiger partial charge in [0.1, 0.15) is 0 Å². The fourth-order valence-corrected chi connectivity index (χ4v) is 3.85. The predicted molar refractivity (Wildman–Crippen MR) is 74.6 cm³/mol. The Morgan fingerprint density at radius 1 is 1.41 bits per heavy atom. The highest BCUT2D eigenvalue weighted by molar-refractivity contribution is 7.09. The van der Waals surface area contributed by atoms with Crippen LogP contribution in [0.3, 0.4) is 0 Å². The van der Waals surface area contributed by atoms with Crippen LogP contribution in [0.15, 0.2) is 17.5 Å². The van der Waals surface area contributed by atoms with Crippen molar-refractivity contribution in [3.8, 4) is 0 Å². The van der Waals surface area contributed by atoms with E-state index in [0.29, 0.717) is 0 Å². The van der Waals surface area contributed by atoms with Gasteiger partial charge in [-0.25, -0.2) is 0 Å². The fraction of sp³-hybridized carbons (Fsp3) is 0.733. The van der Waals surface area contributed by atoms with Gasteiger partial charge in [-0.3, -0.25) is 0 Å². The Bertz CT molecular complexity index is 321. The third-order valence-electron chi connectivity index (χ3n) is 4.39. The minimum Gasteiger partial charge on any atom is -0.378 e. The van der Waals surface area contributed by atoms with E-state index < -0.39 is 0 Å². The van der Waals surface area contributed by atoms with E-state index in [9.17, 15) is 0 Å². The smallest absolute Gasteiger partial charge is 0.0727 e. The molecule has 1 heterocycles. The Morgan fingerprint density at radius 2 is 2.12 bits per heavy atom. The van der Waals surface area contributed by atoms with Crippen LogP contribution < -0.4 is 0 Å². The van der Waals surface area contributed by atoms with Crippen molar-refractivity contribution in [3.63, 3.8) is 0 Å². The van der Waals surface area contributed by atoms with Crippen LogP contribution in [0.4, 0.5) is 0 Å². The highest BCUT2D eigenvalue weighted by Gasteiger charge is 2.36. The SMILES string of the molecule is COC1(Cc2cccs2)CCC(C(C)C)CC1. The van der Waals surface area contributed by atoms with Crippen LogP contribution in [0.2, 0.25) is 0 Å². The molecule has 0 aliphatic heterocycles. The molecule has 0 aromatic carbocycles. The molecule has 0 atom stereocenters. The molecule has 96 valence electrons. The van der Waals surface area contributed by atoms with Crippen LogP contribution in [-0.4, -0.2) is 12.7 Å². The largest absolute Gasteiger partial charge is 0.378 e. The Hall–Kier alpha value is -0.340.